The molecular weight excluding hydrogens is 401 g/mol. The second-order valence-electron chi connectivity index (χ2n) is 6.80. The lowest BCUT2D eigenvalue weighted by Gasteiger charge is -2.34. The Morgan fingerprint density at radius 1 is 1.14 bits per heavy atom. The quantitative estimate of drug-likeness (QED) is 0.485. The fraction of sp³-hybridized carbons (Fsp3) is 0.263. The average Bonchev–Trinajstić information content (AvgIpc) is 3.34. The van der Waals surface area contributed by atoms with E-state index in [-0.39, 0.29) is 6.04 Å². The van der Waals surface area contributed by atoms with Crippen molar-refractivity contribution in [3.05, 3.63) is 58.4 Å². The molecule has 0 saturated heterocycles. The first-order valence-electron chi connectivity index (χ1n) is 8.98. The lowest BCUT2D eigenvalue weighted by atomic mass is 10.0. The fourth-order valence-electron chi connectivity index (χ4n) is 3.66. The number of hydrogen-bond donors (Lipinski definition) is 0. The highest BCUT2D eigenvalue weighted by molar-refractivity contribution is 7.10. The van der Waals surface area contributed by atoms with Crippen LogP contribution in [-0.4, -0.2) is 30.9 Å². The van der Waals surface area contributed by atoms with Gasteiger partial charge in [-0.1, -0.05) is 0 Å². The number of anilines is 1. The summed E-state index contributed by atoms with van der Waals surface area (Å²) < 4.78 is 40.5. The molecule has 0 radical (unpaired) electrons. The summed E-state index contributed by atoms with van der Waals surface area (Å²) in [5.74, 6) is 1.05. The van der Waals surface area contributed by atoms with Gasteiger partial charge in [-0.2, -0.15) is 13.2 Å². The molecule has 0 bridgehead atoms. The zero-order valence-corrected chi connectivity index (χ0v) is 16.1. The van der Waals surface area contributed by atoms with Gasteiger partial charge in [0.15, 0.2) is 17.2 Å². The number of fused-ring (bicyclic) bond motifs is 2. The first-order valence-corrected chi connectivity index (χ1v) is 9.86. The van der Waals surface area contributed by atoms with Crippen LogP contribution in [0.5, 0.6) is 0 Å². The van der Waals surface area contributed by atoms with E-state index < -0.39 is 11.9 Å². The van der Waals surface area contributed by atoms with E-state index in [1.165, 1.54) is 21.0 Å². The van der Waals surface area contributed by atoms with Crippen LogP contribution in [0.25, 0.3) is 17.2 Å². The average molecular weight is 416 g/mol. The van der Waals surface area contributed by atoms with E-state index in [4.69, 9.17) is 0 Å². The third-order valence-corrected chi connectivity index (χ3v) is 6.12. The predicted octanol–water partition coefficient (Wildman–Crippen LogP) is 4.39. The molecule has 0 aliphatic carbocycles. The van der Waals surface area contributed by atoms with Crippen LogP contribution in [0, 0.1) is 0 Å². The van der Waals surface area contributed by atoms with Crippen molar-refractivity contribution in [3.8, 4) is 11.5 Å². The van der Waals surface area contributed by atoms with E-state index in [1.807, 2.05) is 6.07 Å². The van der Waals surface area contributed by atoms with Gasteiger partial charge in [0.05, 0.1) is 18.4 Å². The van der Waals surface area contributed by atoms with Crippen LogP contribution in [0.15, 0.2) is 42.3 Å². The molecule has 6 nitrogen and oxygen atoms in total. The molecule has 0 amide bonds. The van der Waals surface area contributed by atoms with E-state index in [0.717, 1.165) is 31.2 Å². The molecule has 4 aromatic heterocycles. The molecule has 0 spiro atoms. The summed E-state index contributed by atoms with van der Waals surface area (Å²) in [5, 5.41) is 2.10. The summed E-state index contributed by atoms with van der Waals surface area (Å²) >= 11 is 1.76. The molecule has 5 heterocycles. The van der Waals surface area contributed by atoms with E-state index in [0.29, 0.717) is 17.2 Å². The maximum atomic E-state index is 13.1. The molecule has 0 aromatic carbocycles. The molecule has 1 unspecified atom stereocenters. The Labute approximate surface area is 167 Å². The highest BCUT2D eigenvalue weighted by atomic mass is 32.1. The van der Waals surface area contributed by atoms with Crippen molar-refractivity contribution in [3.63, 3.8) is 0 Å². The molecule has 10 heteroatoms. The van der Waals surface area contributed by atoms with Crippen molar-refractivity contribution < 1.29 is 13.2 Å². The van der Waals surface area contributed by atoms with Gasteiger partial charge in [0.25, 0.3) is 0 Å². The molecule has 5 rings (SSSR count). The number of halogens is 3. The van der Waals surface area contributed by atoms with Crippen LogP contribution in [0.4, 0.5) is 19.0 Å². The highest BCUT2D eigenvalue weighted by Gasteiger charge is 2.33. The van der Waals surface area contributed by atoms with E-state index >= 15 is 0 Å². The first kappa shape index (κ1) is 18.0. The molecule has 148 valence electrons. The Bertz CT molecular complexity index is 1200. The van der Waals surface area contributed by atoms with Gasteiger partial charge < -0.3 is 4.90 Å². The molecule has 1 aliphatic rings. The normalized spacial score (nSPS) is 17.0. The maximum Gasteiger partial charge on any atom is 0.434 e. The van der Waals surface area contributed by atoms with Crippen molar-refractivity contribution in [1.29, 1.82) is 0 Å². The lowest BCUT2D eigenvalue weighted by molar-refractivity contribution is -0.141. The van der Waals surface area contributed by atoms with Crippen molar-refractivity contribution in [2.45, 2.75) is 25.6 Å². The van der Waals surface area contributed by atoms with Crippen LogP contribution in [0.1, 0.15) is 29.1 Å². The number of thiophene rings is 1. The monoisotopic (exact) mass is 416 g/mol. The van der Waals surface area contributed by atoms with Gasteiger partial charge in [0.1, 0.15) is 11.5 Å². The zero-order chi connectivity index (χ0) is 20.2. The minimum Gasteiger partial charge on any atom is -0.349 e. The van der Waals surface area contributed by atoms with Crippen molar-refractivity contribution in [2.24, 2.45) is 0 Å². The van der Waals surface area contributed by atoms with Gasteiger partial charge in [0.2, 0.25) is 0 Å². The summed E-state index contributed by atoms with van der Waals surface area (Å²) in [6, 6.07) is 4.12. The number of alkyl halides is 3. The van der Waals surface area contributed by atoms with Crippen LogP contribution in [0.2, 0.25) is 0 Å². The summed E-state index contributed by atoms with van der Waals surface area (Å²) in [5.41, 5.74) is 0.985. The van der Waals surface area contributed by atoms with Crippen molar-refractivity contribution in [2.75, 3.05) is 11.4 Å². The molecule has 0 fully saturated rings. The Morgan fingerprint density at radius 3 is 2.83 bits per heavy atom. The standard InChI is InChI=1S/C19H15F3N6S/c1-11-12-4-7-29-14(12)3-6-27(11)16-2-5-23-18(26-16)13-8-25-17-9-24-15(10-28(13)17)19(20,21)22/h2,4-5,7-11H,3,6H2,1H3. The van der Waals surface area contributed by atoms with Gasteiger partial charge >= 0.3 is 6.18 Å². The minimum atomic E-state index is -4.54. The van der Waals surface area contributed by atoms with E-state index in [2.05, 4.69) is 43.2 Å². The van der Waals surface area contributed by atoms with E-state index in [1.54, 1.807) is 17.5 Å². The Balaban J connectivity index is 1.55. The molecule has 1 atom stereocenters. The number of aromatic nitrogens is 5. The topological polar surface area (TPSA) is 59.2 Å². The molecule has 1 aliphatic heterocycles. The Morgan fingerprint density at radius 2 is 2.00 bits per heavy atom. The largest absolute Gasteiger partial charge is 0.434 e. The summed E-state index contributed by atoms with van der Waals surface area (Å²) in [6.45, 7) is 2.95. The number of rotatable bonds is 2. The zero-order valence-electron chi connectivity index (χ0n) is 15.3. The Hall–Kier alpha value is -3.01. The van der Waals surface area contributed by atoms with Gasteiger partial charge in [-0.05, 0) is 36.4 Å². The van der Waals surface area contributed by atoms with Crippen molar-refractivity contribution >= 4 is 22.8 Å². The second-order valence-corrected chi connectivity index (χ2v) is 7.80. The summed E-state index contributed by atoms with van der Waals surface area (Å²) in [7, 11) is 0. The summed E-state index contributed by atoms with van der Waals surface area (Å²) in [4.78, 5) is 20.1. The Kier molecular flexibility index (Phi) is 4.05. The van der Waals surface area contributed by atoms with Gasteiger partial charge in [-0.15, -0.1) is 11.3 Å². The van der Waals surface area contributed by atoms with Crippen LogP contribution in [0.3, 0.4) is 0 Å². The first-order chi connectivity index (χ1) is 13.9. The maximum absolute atomic E-state index is 13.1. The van der Waals surface area contributed by atoms with Gasteiger partial charge in [-0.25, -0.2) is 19.9 Å². The SMILES string of the molecule is CC1c2ccsc2CCN1c1ccnc(-c2cnc3cnc(C(F)(F)F)cn23)n1. The summed E-state index contributed by atoms with van der Waals surface area (Å²) in [6.07, 6.45) is 1.51. The number of hydrogen-bond acceptors (Lipinski definition) is 6. The van der Waals surface area contributed by atoms with Gasteiger partial charge in [-0.3, -0.25) is 4.40 Å². The highest BCUT2D eigenvalue weighted by Crippen LogP contribution is 2.35. The number of imidazole rings is 1. The van der Waals surface area contributed by atoms with Crippen LogP contribution < -0.4 is 4.90 Å². The molecule has 0 saturated carbocycles. The van der Waals surface area contributed by atoms with Crippen molar-refractivity contribution in [1.82, 2.24) is 24.3 Å². The minimum absolute atomic E-state index is 0.163. The van der Waals surface area contributed by atoms with Gasteiger partial charge in [0, 0.05) is 23.8 Å². The predicted molar refractivity (Wildman–Crippen MR) is 103 cm³/mol. The molecule has 4 aromatic rings. The lowest BCUT2D eigenvalue weighted by Crippen LogP contribution is -2.33. The third kappa shape index (κ3) is 3.03. The fourth-order valence-corrected chi connectivity index (χ4v) is 4.62. The van der Waals surface area contributed by atoms with Crippen LogP contribution >= 0.6 is 11.3 Å². The second kappa shape index (κ2) is 6.51. The molecule has 0 N–H and O–H groups in total. The third-order valence-electron chi connectivity index (χ3n) is 5.13. The smallest absolute Gasteiger partial charge is 0.349 e. The molecule has 29 heavy (non-hydrogen) atoms. The van der Waals surface area contributed by atoms with E-state index in [9.17, 15) is 13.2 Å². The number of nitrogens with zero attached hydrogens (tertiary/aromatic N) is 6. The molecular formula is C19H15F3N6S. The van der Waals surface area contributed by atoms with Crippen LogP contribution in [-0.2, 0) is 12.6 Å².